The maximum Gasteiger partial charge on any atom is 0.101 e. The second kappa shape index (κ2) is 16.3. The Bertz CT molecular complexity index is 278. The van der Waals surface area contributed by atoms with Crippen LogP contribution in [-0.4, -0.2) is 5.54 Å². The Kier molecular flexibility index (Phi) is 15.9. The summed E-state index contributed by atoms with van der Waals surface area (Å²) in [5.41, 5.74) is 5.20. The Morgan fingerprint density at radius 2 is 0.957 bits per heavy atom. The summed E-state index contributed by atoms with van der Waals surface area (Å²) < 4.78 is 0. The first-order chi connectivity index (χ1) is 11.1. The van der Waals surface area contributed by atoms with Crippen LogP contribution in [0.3, 0.4) is 0 Å². The van der Waals surface area contributed by atoms with E-state index in [9.17, 15) is 0 Å². The molecule has 2 N–H and O–H groups in total. The SMILES string of the molecule is CCCCCCCCCCCCCCCCCCC(C)(N)C#N. The molecular weight excluding hydrogens is 280 g/mol. The predicted molar refractivity (Wildman–Crippen MR) is 102 cm³/mol. The molecule has 0 radical (unpaired) electrons. The van der Waals surface area contributed by atoms with E-state index in [1.807, 2.05) is 6.92 Å². The zero-order valence-electron chi connectivity index (χ0n) is 16.0. The molecule has 0 aromatic carbocycles. The van der Waals surface area contributed by atoms with Crippen LogP contribution < -0.4 is 5.73 Å². The van der Waals surface area contributed by atoms with E-state index in [2.05, 4.69) is 13.0 Å². The van der Waals surface area contributed by atoms with Crippen LogP contribution in [0.15, 0.2) is 0 Å². The number of hydrogen-bond donors (Lipinski definition) is 1. The maximum atomic E-state index is 8.84. The Hall–Kier alpha value is -0.550. The van der Waals surface area contributed by atoms with Crippen LogP contribution in [0.2, 0.25) is 0 Å². The van der Waals surface area contributed by atoms with Crippen LogP contribution in [0.5, 0.6) is 0 Å². The van der Waals surface area contributed by atoms with Gasteiger partial charge in [-0.25, -0.2) is 0 Å². The fourth-order valence-electron chi connectivity index (χ4n) is 3.10. The normalized spacial score (nSPS) is 13.7. The van der Waals surface area contributed by atoms with Crippen LogP contribution in [-0.2, 0) is 0 Å². The summed E-state index contributed by atoms with van der Waals surface area (Å²) in [4.78, 5) is 0. The van der Waals surface area contributed by atoms with Crippen molar-refractivity contribution in [3.05, 3.63) is 0 Å². The van der Waals surface area contributed by atoms with Gasteiger partial charge in [-0.15, -0.1) is 0 Å². The number of nitrogens with two attached hydrogens (primary N) is 1. The molecule has 1 atom stereocenters. The Labute approximate surface area is 146 Å². The van der Waals surface area contributed by atoms with Gasteiger partial charge in [0.25, 0.3) is 0 Å². The summed E-state index contributed by atoms with van der Waals surface area (Å²) in [7, 11) is 0. The minimum Gasteiger partial charge on any atom is -0.314 e. The first kappa shape index (κ1) is 22.4. The molecule has 0 saturated heterocycles. The van der Waals surface area contributed by atoms with Crippen LogP contribution in [0.25, 0.3) is 0 Å². The highest BCUT2D eigenvalue weighted by molar-refractivity contribution is 5.00. The molecule has 0 aromatic heterocycles. The molecule has 2 heteroatoms. The van der Waals surface area contributed by atoms with E-state index in [1.165, 1.54) is 96.3 Å². The quantitative estimate of drug-likeness (QED) is 0.297. The standard InChI is InChI=1S/C21H42N2/c1-3-4-5-6-7-8-9-10-11-12-13-14-15-16-17-18-19-21(2,23)20-22/h3-19,23H2,1-2H3. The van der Waals surface area contributed by atoms with E-state index in [-0.39, 0.29) is 0 Å². The zero-order chi connectivity index (χ0) is 17.2. The minimum atomic E-state index is -0.615. The van der Waals surface area contributed by atoms with Crippen molar-refractivity contribution in [2.45, 2.75) is 129 Å². The second-order valence-electron chi connectivity index (χ2n) is 7.58. The van der Waals surface area contributed by atoms with Gasteiger partial charge in [-0.3, -0.25) is 0 Å². The lowest BCUT2D eigenvalue weighted by atomic mass is 9.96. The van der Waals surface area contributed by atoms with Gasteiger partial charge in [0.15, 0.2) is 0 Å². The first-order valence-corrected chi connectivity index (χ1v) is 10.3. The Morgan fingerprint density at radius 3 is 1.26 bits per heavy atom. The third kappa shape index (κ3) is 17.6. The molecule has 0 aromatic rings. The van der Waals surface area contributed by atoms with E-state index >= 15 is 0 Å². The lowest BCUT2D eigenvalue weighted by molar-refractivity contribution is 0.485. The molecule has 23 heavy (non-hydrogen) atoms. The summed E-state index contributed by atoms with van der Waals surface area (Å²) in [5.74, 6) is 0. The third-order valence-corrected chi connectivity index (χ3v) is 4.81. The van der Waals surface area contributed by atoms with Crippen LogP contribution in [0, 0.1) is 11.3 Å². The molecule has 0 aliphatic heterocycles. The molecular formula is C21H42N2. The van der Waals surface area contributed by atoms with E-state index in [4.69, 9.17) is 11.0 Å². The van der Waals surface area contributed by atoms with Crippen molar-refractivity contribution < 1.29 is 0 Å². The van der Waals surface area contributed by atoms with E-state index < -0.39 is 5.54 Å². The Balaban J connectivity index is 3.07. The van der Waals surface area contributed by atoms with Crippen molar-refractivity contribution in [2.24, 2.45) is 5.73 Å². The van der Waals surface area contributed by atoms with Crippen molar-refractivity contribution in [3.8, 4) is 6.07 Å². The molecule has 0 bridgehead atoms. The molecule has 0 rings (SSSR count). The van der Waals surface area contributed by atoms with Gasteiger partial charge < -0.3 is 5.73 Å². The highest BCUT2D eigenvalue weighted by Crippen LogP contribution is 2.15. The molecule has 0 aliphatic rings. The maximum absolute atomic E-state index is 8.84. The largest absolute Gasteiger partial charge is 0.314 e. The van der Waals surface area contributed by atoms with Gasteiger partial charge in [0, 0.05) is 0 Å². The molecule has 0 fully saturated rings. The van der Waals surface area contributed by atoms with Crippen LogP contribution in [0.4, 0.5) is 0 Å². The van der Waals surface area contributed by atoms with Crippen molar-refractivity contribution in [3.63, 3.8) is 0 Å². The lowest BCUT2D eigenvalue weighted by Gasteiger charge is -2.14. The van der Waals surface area contributed by atoms with Crippen molar-refractivity contribution in [1.29, 1.82) is 5.26 Å². The number of unbranched alkanes of at least 4 members (excludes halogenated alkanes) is 15. The summed E-state index contributed by atoms with van der Waals surface area (Å²) >= 11 is 0. The first-order valence-electron chi connectivity index (χ1n) is 10.3. The van der Waals surface area contributed by atoms with Gasteiger partial charge in [0.1, 0.15) is 5.54 Å². The molecule has 1 unspecified atom stereocenters. The zero-order valence-corrected chi connectivity index (χ0v) is 16.0. The van der Waals surface area contributed by atoms with Crippen molar-refractivity contribution in [2.75, 3.05) is 0 Å². The Morgan fingerprint density at radius 1 is 0.652 bits per heavy atom. The average Bonchev–Trinajstić information content (AvgIpc) is 2.54. The topological polar surface area (TPSA) is 49.8 Å². The molecule has 0 aliphatic carbocycles. The van der Waals surface area contributed by atoms with Gasteiger partial charge in [-0.2, -0.15) is 5.26 Å². The third-order valence-electron chi connectivity index (χ3n) is 4.81. The molecule has 0 spiro atoms. The van der Waals surface area contributed by atoms with Gasteiger partial charge in [-0.05, 0) is 13.3 Å². The lowest BCUT2D eigenvalue weighted by Crippen LogP contribution is -2.33. The van der Waals surface area contributed by atoms with Gasteiger partial charge in [-0.1, -0.05) is 110 Å². The average molecular weight is 323 g/mol. The van der Waals surface area contributed by atoms with Gasteiger partial charge in [0.05, 0.1) is 6.07 Å². The molecule has 136 valence electrons. The fraction of sp³-hybridized carbons (Fsp3) is 0.952. The number of rotatable bonds is 17. The van der Waals surface area contributed by atoms with Gasteiger partial charge >= 0.3 is 0 Å². The summed E-state index contributed by atoms with van der Waals surface area (Å²) in [6.07, 6.45) is 22.9. The van der Waals surface area contributed by atoms with E-state index in [0.717, 1.165) is 12.8 Å². The van der Waals surface area contributed by atoms with Crippen molar-refractivity contribution in [1.82, 2.24) is 0 Å². The van der Waals surface area contributed by atoms with Gasteiger partial charge in [0.2, 0.25) is 0 Å². The minimum absolute atomic E-state index is 0.615. The summed E-state index contributed by atoms with van der Waals surface area (Å²) in [6.45, 7) is 4.11. The predicted octanol–water partition coefficient (Wildman–Crippen LogP) is 6.88. The van der Waals surface area contributed by atoms with E-state index in [1.54, 1.807) is 0 Å². The number of nitrogens with zero attached hydrogens (tertiary/aromatic N) is 1. The second-order valence-corrected chi connectivity index (χ2v) is 7.58. The van der Waals surface area contributed by atoms with E-state index in [0.29, 0.717) is 0 Å². The molecule has 2 nitrogen and oxygen atoms in total. The fourth-order valence-corrected chi connectivity index (χ4v) is 3.10. The summed E-state index contributed by atoms with van der Waals surface area (Å²) in [5, 5.41) is 8.84. The highest BCUT2D eigenvalue weighted by Gasteiger charge is 2.15. The molecule has 0 amide bonds. The van der Waals surface area contributed by atoms with Crippen LogP contribution >= 0.6 is 0 Å². The smallest absolute Gasteiger partial charge is 0.101 e. The van der Waals surface area contributed by atoms with Crippen LogP contribution in [0.1, 0.15) is 123 Å². The molecule has 0 heterocycles. The summed E-state index contributed by atoms with van der Waals surface area (Å²) in [6, 6.07) is 2.17. The highest BCUT2D eigenvalue weighted by atomic mass is 14.7. The molecule has 0 saturated carbocycles. The number of hydrogen-bond acceptors (Lipinski definition) is 2. The monoisotopic (exact) mass is 322 g/mol. The number of nitriles is 1. The van der Waals surface area contributed by atoms with Crippen molar-refractivity contribution >= 4 is 0 Å².